The van der Waals surface area contributed by atoms with E-state index in [9.17, 15) is 0 Å². The van der Waals surface area contributed by atoms with Crippen molar-refractivity contribution < 1.29 is 5.11 Å². The first kappa shape index (κ1) is 13.2. The summed E-state index contributed by atoms with van der Waals surface area (Å²) in [4.78, 5) is 0. The molecule has 0 radical (unpaired) electrons. The van der Waals surface area contributed by atoms with E-state index in [4.69, 9.17) is 5.11 Å². The van der Waals surface area contributed by atoms with E-state index in [2.05, 4.69) is 43.4 Å². The van der Waals surface area contributed by atoms with Gasteiger partial charge in [0.05, 0.1) is 6.61 Å². The second-order valence-electron chi connectivity index (χ2n) is 4.55. The standard InChI is InChI=1S/C14H23NO/c1-4-14(15-12(3)10-16)9-13-7-5-11(2)6-8-13/h5-8,12,14-16H,4,9-10H2,1-3H3. The number of hydrogen-bond acceptors (Lipinski definition) is 2. The van der Waals surface area contributed by atoms with Gasteiger partial charge in [-0.25, -0.2) is 0 Å². The molecule has 0 fully saturated rings. The van der Waals surface area contributed by atoms with E-state index in [0.29, 0.717) is 6.04 Å². The van der Waals surface area contributed by atoms with E-state index in [1.807, 2.05) is 6.92 Å². The monoisotopic (exact) mass is 221 g/mol. The molecule has 0 aliphatic heterocycles. The van der Waals surface area contributed by atoms with Crippen molar-refractivity contribution in [1.29, 1.82) is 0 Å². The Morgan fingerprint density at radius 1 is 1.25 bits per heavy atom. The molecule has 0 bridgehead atoms. The average molecular weight is 221 g/mol. The molecule has 0 heterocycles. The minimum Gasteiger partial charge on any atom is -0.395 e. The quantitative estimate of drug-likeness (QED) is 0.772. The molecule has 2 nitrogen and oxygen atoms in total. The number of aryl methyl sites for hydroxylation is 1. The Morgan fingerprint density at radius 2 is 1.88 bits per heavy atom. The van der Waals surface area contributed by atoms with Gasteiger partial charge in [-0.15, -0.1) is 0 Å². The molecule has 0 amide bonds. The summed E-state index contributed by atoms with van der Waals surface area (Å²) in [6, 6.07) is 9.29. The fourth-order valence-corrected chi connectivity index (χ4v) is 1.78. The fraction of sp³-hybridized carbons (Fsp3) is 0.571. The summed E-state index contributed by atoms with van der Waals surface area (Å²) >= 11 is 0. The molecule has 2 unspecified atom stereocenters. The molecule has 2 heteroatoms. The Bertz CT molecular complexity index is 294. The van der Waals surface area contributed by atoms with Gasteiger partial charge in [-0.1, -0.05) is 36.8 Å². The van der Waals surface area contributed by atoms with Gasteiger partial charge in [0, 0.05) is 12.1 Å². The summed E-state index contributed by atoms with van der Waals surface area (Å²) in [5.74, 6) is 0. The molecule has 0 aromatic heterocycles. The first-order valence-corrected chi connectivity index (χ1v) is 6.08. The maximum Gasteiger partial charge on any atom is 0.0582 e. The molecule has 90 valence electrons. The van der Waals surface area contributed by atoms with Gasteiger partial charge in [-0.05, 0) is 32.3 Å². The summed E-state index contributed by atoms with van der Waals surface area (Å²) in [6.45, 7) is 6.49. The lowest BCUT2D eigenvalue weighted by molar-refractivity contribution is 0.239. The topological polar surface area (TPSA) is 32.3 Å². The number of rotatable bonds is 6. The van der Waals surface area contributed by atoms with Crippen LogP contribution in [0.1, 0.15) is 31.4 Å². The Kier molecular flexibility index (Phi) is 5.50. The highest BCUT2D eigenvalue weighted by Crippen LogP contribution is 2.08. The van der Waals surface area contributed by atoms with E-state index < -0.39 is 0 Å². The molecule has 0 aliphatic rings. The van der Waals surface area contributed by atoms with Crippen LogP contribution in [-0.4, -0.2) is 23.8 Å². The van der Waals surface area contributed by atoms with Gasteiger partial charge in [-0.3, -0.25) is 0 Å². The van der Waals surface area contributed by atoms with E-state index >= 15 is 0 Å². The Balaban J connectivity index is 2.52. The van der Waals surface area contributed by atoms with Crippen LogP contribution in [0.3, 0.4) is 0 Å². The zero-order valence-electron chi connectivity index (χ0n) is 10.5. The van der Waals surface area contributed by atoms with Crippen LogP contribution in [0.2, 0.25) is 0 Å². The highest BCUT2D eigenvalue weighted by molar-refractivity contribution is 5.22. The Labute approximate surface area is 98.7 Å². The largest absolute Gasteiger partial charge is 0.395 e. The van der Waals surface area contributed by atoms with Crippen molar-refractivity contribution in [3.8, 4) is 0 Å². The van der Waals surface area contributed by atoms with Gasteiger partial charge in [0.2, 0.25) is 0 Å². The van der Waals surface area contributed by atoms with Crippen molar-refractivity contribution in [2.24, 2.45) is 0 Å². The lowest BCUT2D eigenvalue weighted by Gasteiger charge is -2.21. The van der Waals surface area contributed by atoms with Gasteiger partial charge in [-0.2, -0.15) is 0 Å². The third-order valence-electron chi connectivity index (χ3n) is 2.89. The molecule has 0 spiro atoms. The molecule has 2 N–H and O–H groups in total. The Hall–Kier alpha value is -0.860. The van der Waals surface area contributed by atoms with Crippen molar-refractivity contribution >= 4 is 0 Å². The number of benzene rings is 1. The number of nitrogens with one attached hydrogen (secondary N) is 1. The van der Waals surface area contributed by atoms with Crippen LogP contribution in [0.4, 0.5) is 0 Å². The molecule has 1 aromatic carbocycles. The molecule has 16 heavy (non-hydrogen) atoms. The van der Waals surface area contributed by atoms with Crippen molar-refractivity contribution in [3.05, 3.63) is 35.4 Å². The number of aliphatic hydroxyl groups excluding tert-OH is 1. The lowest BCUT2D eigenvalue weighted by atomic mass is 10.0. The molecule has 1 rings (SSSR count). The van der Waals surface area contributed by atoms with Crippen molar-refractivity contribution in [2.45, 2.75) is 45.7 Å². The zero-order valence-corrected chi connectivity index (χ0v) is 10.5. The summed E-state index contributed by atoms with van der Waals surface area (Å²) in [7, 11) is 0. The molecular weight excluding hydrogens is 198 g/mol. The first-order chi connectivity index (χ1) is 7.65. The second-order valence-corrected chi connectivity index (χ2v) is 4.55. The van der Waals surface area contributed by atoms with Crippen LogP contribution in [0.5, 0.6) is 0 Å². The van der Waals surface area contributed by atoms with Crippen LogP contribution >= 0.6 is 0 Å². The van der Waals surface area contributed by atoms with E-state index in [-0.39, 0.29) is 12.6 Å². The molecule has 0 aliphatic carbocycles. The number of aliphatic hydroxyl groups is 1. The van der Waals surface area contributed by atoms with Gasteiger partial charge >= 0.3 is 0 Å². The molecule has 2 atom stereocenters. The second kappa shape index (κ2) is 6.66. The molecule has 1 aromatic rings. The van der Waals surface area contributed by atoms with Crippen LogP contribution in [-0.2, 0) is 6.42 Å². The van der Waals surface area contributed by atoms with Crippen molar-refractivity contribution in [2.75, 3.05) is 6.61 Å². The predicted molar refractivity (Wildman–Crippen MR) is 68.6 cm³/mol. The van der Waals surface area contributed by atoms with Crippen molar-refractivity contribution in [1.82, 2.24) is 5.32 Å². The summed E-state index contributed by atoms with van der Waals surface area (Å²) in [6.07, 6.45) is 2.11. The summed E-state index contributed by atoms with van der Waals surface area (Å²) in [5.41, 5.74) is 2.66. The van der Waals surface area contributed by atoms with E-state index in [0.717, 1.165) is 12.8 Å². The fourth-order valence-electron chi connectivity index (χ4n) is 1.78. The zero-order chi connectivity index (χ0) is 12.0. The lowest BCUT2D eigenvalue weighted by Crippen LogP contribution is -2.39. The minimum absolute atomic E-state index is 0.176. The van der Waals surface area contributed by atoms with E-state index in [1.165, 1.54) is 11.1 Å². The average Bonchev–Trinajstić information content (AvgIpc) is 2.30. The Morgan fingerprint density at radius 3 is 2.38 bits per heavy atom. The highest BCUT2D eigenvalue weighted by Gasteiger charge is 2.09. The molecule has 0 saturated heterocycles. The maximum absolute atomic E-state index is 9.02. The normalized spacial score (nSPS) is 14.8. The third-order valence-corrected chi connectivity index (χ3v) is 2.89. The van der Waals surface area contributed by atoms with Crippen LogP contribution in [0.25, 0.3) is 0 Å². The molecular formula is C14H23NO. The van der Waals surface area contributed by atoms with Crippen LogP contribution in [0.15, 0.2) is 24.3 Å². The summed E-state index contributed by atoms with van der Waals surface area (Å²) < 4.78 is 0. The van der Waals surface area contributed by atoms with Crippen LogP contribution < -0.4 is 5.32 Å². The highest BCUT2D eigenvalue weighted by atomic mass is 16.3. The predicted octanol–water partition coefficient (Wildman–Crippen LogP) is 2.29. The van der Waals surface area contributed by atoms with Gasteiger partial charge in [0.25, 0.3) is 0 Å². The van der Waals surface area contributed by atoms with Crippen molar-refractivity contribution in [3.63, 3.8) is 0 Å². The number of hydrogen-bond donors (Lipinski definition) is 2. The van der Waals surface area contributed by atoms with Crippen LogP contribution in [0, 0.1) is 6.92 Å². The van der Waals surface area contributed by atoms with E-state index in [1.54, 1.807) is 0 Å². The van der Waals surface area contributed by atoms with Gasteiger partial charge in [0.15, 0.2) is 0 Å². The SMILES string of the molecule is CCC(Cc1ccc(C)cc1)NC(C)CO. The van der Waals surface area contributed by atoms with Gasteiger partial charge < -0.3 is 10.4 Å². The first-order valence-electron chi connectivity index (χ1n) is 6.08. The third kappa shape index (κ3) is 4.33. The summed E-state index contributed by atoms with van der Waals surface area (Å²) in [5, 5.41) is 12.4. The maximum atomic E-state index is 9.02. The smallest absolute Gasteiger partial charge is 0.0582 e. The van der Waals surface area contributed by atoms with Gasteiger partial charge in [0.1, 0.15) is 0 Å². The molecule has 0 saturated carbocycles. The minimum atomic E-state index is 0.176.